The highest BCUT2D eigenvalue weighted by Crippen LogP contribution is 2.21. The molecule has 6 heteroatoms. The van der Waals surface area contributed by atoms with Crippen molar-refractivity contribution < 1.29 is 13.6 Å². The number of amides is 2. The summed E-state index contributed by atoms with van der Waals surface area (Å²) in [4.78, 5) is 11.7. The summed E-state index contributed by atoms with van der Waals surface area (Å²) in [5.74, 6) is -1.76. The van der Waals surface area contributed by atoms with E-state index in [-0.39, 0.29) is 11.4 Å². The third kappa shape index (κ3) is 3.23. The lowest BCUT2D eigenvalue weighted by atomic mass is 10.2. The summed E-state index contributed by atoms with van der Waals surface area (Å²) < 4.78 is 26.4. The first-order valence-corrected chi connectivity index (χ1v) is 5.85. The number of nitrogens with two attached hydrogens (primary N) is 1. The van der Waals surface area contributed by atoms with Gasteiger partial charge >= 0.3 is 6.03 Å². The molecule has 2 aromatic rings. The topological polar surface area (TPSA) is 67.2 Å². The van der Waals surface area contributed by atoms with Gasteiger partial charge in [-0.3, -0.25) is 0 Å². The number of benzene rings is 2. The first-order valence-electron chi connectivity index (χ1n) is 5.85. The van der Waals surface area contributed by atoms with Gasteiger partial charge in [-0.2, -0.15) is 0 Å². The lowest BCUT2D eigenvalue weighted by Crippen LogP contribution is -2.20. The molecule has 0 heterocycles. The fourth-order valence-electron chi connectivity index (χ4n) is 1.58. The molecule has 20 heavy (non-hydrogen) atoms. The van der Waals surface area contributed by atoms with Crippen molar-refractivity contribution in [3.05, 3.63) is 53.6 Å². The molecular formula is C14H13F2N3O. The third-order valence-electron chi connectivity index (χ3n) is 2.64. The second kappa shape index (κ2) is 5.56. The van der Waals surface area contributed by atoms with Crippen LogP contribution in [0.25, 0.3) is 0 Å². The molecule has 0 aliphatic heterocycles. The average molecular weight is 277 g/mol. The van der Waals surface area contributed by atoms with E-state index in [9.17, 15) is 13.6 Å². The van der Waals surface area contributed by atoms with Gasteiger partial charge in [0.05, 0.1) is 11.4 Å². The summed E-state index contributed by atoms with van der Waals surface area (Å²) in [5, 5.41) is 4.80. The largest absolute Gasteiger partial charge is 0.396 e. The lowest BCUT2D eigenvalue weighted by Gasteiger charge is -2.09. The summed E-state index contributed by atoms with van der Waals surface area (Å²) >= 11 is 0. The predicted octanol–water partition coefficient (Wildman–Crippen LogP) is 3.50. The molecule has 0 saturated carbocycles. The molecule has 0 bridgehead atoms. The number of halogens is 2. The van der Waals surface area contributed by atoms with E-state index in [4.69, 9.17) is 5.73 Å². The minimum atomic E-state index is -0.893. The molecule has 4 N–H and O–H groups in total. The quantitative estimate of drug-likeness (QED) is 0.735. The first-order chi connectivity index (χ1) is 9.45. The van der Waals surface area contributed by atoms with Gasteiger partial charge in [-0.1, -0.05) is 17.7 Å². The number of nitrogens with one attached hydrogen (secondary N) is 2. The van der Waals surface area contributed by atoms with E-state index in [0.29, 0.717) is 11.8 Å². The Balaban J connectivity index is 2.08. The van der Waals surface area contributed by atoms with Gasteiger partial charge in [-0.25, -0.2) is 13.6 Å². The van der Waals surface area contributed by atoms with Crippen LogP contribution < -0.4 is 16.4 Å². The van der Waals surface area contributed by atoms with E-state index in [1.807, 2.05) is 19.1 Å². The molecule has 0 radical (unpaired) electrons. The fraction of sp³-hybridized carbons (Fsp3) is 0.0714. The zero-order chi connectivity index (χ0) is 14.7. The number of urea groups is 1. The first kappa shape index (κ1) is 13.8. The Kier molecular flexibility index (Phi) is 3.84. The Morgan fingerprint density at radius 3 is 2.35 bits per heavy atom. The number of hydrogen-bond acceptors (Lipinski definition) is 2. The van der Waals surface area contributed by atoms with E-state index in [1.165, 1.54) is 0 Å². The zero-order valence-corrected chi connectivity index (χ0v) is 10.7. The van der Waals surface area contributed by atoms with E-state index in [2.05, 4.69) is 10.6 Å². The molecule has 0 unspecified atom stereocenters. The zero-order valence-electron chi connectivity index (χ0n) is 10.7. The number of nitrogen functional groups attached to an aromatic ring is 1. The van der Waals surface area contributed by atoms with E-state index < -0.39 is 17.7 Å². The lowest BCUT2D eigenvalue weighted by molar-refractivity contribution is 0.262. The molecule has 0 atom stereocenters. The van der Waals surface area contributed by atoms with Crippen LogP contribution in [0.5, 0.6) is 0 Å². The van der Waals surface area contributed by atoms with Gasteiger partial charge in [0, 0.05) is 11.8 Å². The maximum atomic E-state index is 13.4. The van der Waals surface area contributed by atoms with Crippen LogP contribution in [-0.2, 0) is 0 Å². The van der Waals surface area contributed by atoms with Crippen molar-refractivity contribution in [2.24, 2.45) is 0 Å². The molecule has 2 amide bonds. The van der Waals surface area contributed by atoms with Crippen molar-refractivity contribution in [1.82, 2.24) is 0 Å². The van der Waals surface area contributed by atoms with Gasteiger partial charge in [0.25, 0.3) is 0 Å². The number of aryl methyl sites for hydroxylation is 1. The van der Waals surface area contributed by atoms with Crippen molar-refractivity contribution in [1.29, 1.82) is 0 Å². The summed E-state index contributed by atoms with van der Waals surface area (Å²) in [7, 11) is 0. The van der Waals surface area contributed by atoms with Crippen LogP contribution in [0, 0.1) is 18.6 Å². The average Bonchev–Trinajstić information content (AvgIpc) is 2.39. The summed E-state index contributed by atoms with van der Waals surface area (Å²) in [5.41, 5.74) is 6.50. The Morgan fingerprint density at radius 2 is 1.70 bits per heavy atom. The van der Waals surface area contributed by atoms with E-state index in [1.54, 1.807) is 12.1 Å². The van der Waals surface area contributed by atoms with Crippen molar-refractivity contribution in [2.45, 2.75) is 6.92 Å². The van der Waals surface area contributed by atoms with Crippen LogP contribution in [0.4, 0.5) is 30.6 Å². The highest BCUT2D eigenvalue weighted by atomic mass is 19.1. The number of rotatable bonds is 2. The second-order valence-electron chi connectivity index (χ2n) is 4.30. The monoisotopic (exact) mass is 277 g/mol. The number of anilines is 3. The number of carbonyl (C=O) groups is 1. The van der Waals surface area contributed by atoms with Crippen LogP contribution >= 0.6 is 0 Å². The Bertz CT molecular complexity index is 642. The van der Waals surface area contributed by atoms with Gasteiger partial charge in [-0.15, -0.1) is 0 Å². The standard InChI is InChI=1S/C14H13F2N3O/c1-8-2-4-9(5-3-8)18-14(20)19-13-7-12(17)10(15)6-11(13)16/h2-7H,17H2,1H3,(H2,18,19,20). The molecule has 2 aromatic carbocycles. The SMILES string of the molecule is Cc1ccc(NC(=O)Nc2cc(N)c(F)cc2F)cc1. The summed E-state index contributed by atoms with van der Waals surface area (Å²) in [6.07, 6.45) is 0. The van der Waals surface area contributed by atoms with Crippen molar-refractivity contribution >= 4 is 23.1 Å². The highest BCUT2D eigenvalue weighted by molar-refractivity contribution is 6.00. The molecule has 2 rings (SSSR count). The molecule has 0 fully saturated rings. The Hall–Kier alpha value is -2.63. The molecule has 0 aliphatic carbocycles. The Morgan fingerprint density at radius 1 is 1.05 bits per heavy atom. The highest BCUT2D eigenvalue weighted by Gasteiger charge is 2.10. The smallest absolute Gasteiger partial charge is 0.323 e. The van der Waals surface area contributed by atoms with Gasteiger partial charge < -0.3 is 16.4 Å². The van der Waals surface area contributed by atoms with Crippen LogP contribution in [0.3, 0.4) is 0 Å². The van der Waals surface area contributed by atoms with E-state index >= 15 is 0 Å². The maximum Gasteiger partial charge on any atom is 0.323 e. The second-order valence-corrected chi connectivity index (χ2v) is 4.30. The van der Waals surface area contributed by atoms with Crippen molar-refractivity contribution in [3.8, 4) is 0 Å². The van der Waals surface area contributed by atoms with Crippen molar-refractivity contribution in [2.75, 3.05) is 16.4 Å². The molecule has 0 saturated heterocycles. The van der Waals surface area contributed by atoms with Crippen LogP contribution in [0.15, 0.2) is 36.4 Å². The molecule has 0 aromatic heterocycles. The van der Waals surface area contributed by atoms with Gasteiger partial charge in [0.1, 0.15) is 11.6 Å². The minimum absolute atomic E-state index is 0.187. The van der Waals surface area contributed by atoms with Crippen LogP contribution in [0.2, 0.25) is 0 Å². The molecule has 0 spiro atoms. The molecule has 0 aliphatic rings. The Labute approximate surface area is 114 Å². The number of hydrogen-bond donors (Lipinski definition) is 3. The van der Waals surface area contributed by atoms with Crippen molar-refractivity contribution in [3.63, 3.8) is 0 Å². The minimum Gasteiger partial charge on any atom is -0.396 e. The molecular weight excluding hydrogens is 264 g/mol. The normalized spacial score (nSPS) is 10.2. The van der Waals surface area contributed by atoms with Gasteiger partial charge in [0.15, 0.2) is 0 Å². The van der Waals surface area contributed by atoms with Gasteiger partial charge in [-0.05, 0) is 25.1 Å². The maximum absolute atomic E-state index is 13.4. The van der Waals surface area contributed by atoms with Crippen LogP contribution in [-0.4, -0.2) is 6.03 Å². The molecule has 104 valence electrons. The third-order valence-corrected chi connectivity index (χ3v) is 2.64. The van der Waals surface area contributed by atoms with Crippen LogP contribution in [0.1, 0.15) is 5.56 Å². The molecule has 4 nitrogen and oxygen atoms in total. The van der Waals surface area contributed by atoms with E-state index in [0.717, 1.165) is 11.6 Å². The fourth-order valence-corrected chi connectivity index (χ4v) is 1.58. The summed E-state index contributed by atoms with van der Waals surface area (Å²) in [6, 6.07) is 8.09. The van der Waals surface area contributed by atoms with Gasteiger partial charge in [0.2, 0.25) is 0 Å². The summed E-state index contributed by atoms with van der Waals surface area (Å²) in [6.45, 7) is 1.92. The number of carbonyl (C=O) groups excluding carboxylic acids is 1. The predicted molar refractivity (Wildman–Crippen MR) is 74.6 cm³/mol.